The Bertz CT molecular complexity index is 222. The van der Waals surface area contributed by atoms with Crippen LogP contribution in [-0.4, -0.2) is 45.7 Å². The first kappa shape index (κ1) is 14.2. The lowest BCUT2D eigenvalue weighted by Gasteiger charge is -2.15. The lowest BCUT2D eigenvalue weighted by Crippen LogP contribution is -2.41. The number of carboxylic acid groups (broad SMARTS) is 1. The van der Waals surface area contributed by atoms with Gasteiger partial charge in [0.25, 0.3) is 0 Å². The number of carbonyl (C=O) groups excluding carboxylic acids is 1. The van der Waals surface area contributed by atoms with Gasteiger partial charge in [-0.3, -0.25) is 4.79 Å². The molecule has 0 rings (SSSR count). The van der Waals surface area contributed by atoms with Gasteiger partial charge in [0.2, 0.25) is 5.91 Å². The molecular weight excluding hydrogens is 218 g/mol. The predicted octanol–water partition coefficient (Wildman–Crippen LogP) is 0.0798. The number of aliphatic carboxylic acids is 1. The van der Waals surface area contributed by atoms with Crippen molar-refractivity contribution in [1.29, 1.82) is 0 Å². The molecule has 0 unspecified atom stereocenters. The van der Waals surface area contributed by atoms with Crippen molar-refractivity contribution in [2.24, 2.45) is 0 Å². The number of thioether (sulfide) groups is 1. The van der Waals surface area contributed by atoms with E-state index in [9.17, 15) is 9.59 Å². The molecule has 6 heteroatoms. The van der Waals surface area contributed by atoms with Crippen molar-refractivity contribution in [3.63, 3.8) is 0 Å². The van der Waals surface area contributed by atoms with Gasteiger partial charge in [-0.2, -0.15) is 11.8 Å². The fourth-order valence-corrected chi connectivity index (χ4v) is 1.96. The fraction of sp³-hybridized carbons (Fsp3) is 0.778. The van der Waals surface area contributed by atoms with Crippen LogP contribution >= 0.6 is 11.8 Å². The minimum absolute atomic E-state index is 0.0893. The minimum atomic E-state index is -1.03. The highest BCUT2D eigenvalue weighted by molar-refractivity contribution is 7.99. The molecule has 1 amide bonds. The van der Waals surface area contributed by atoms with Crippen LogP contribution < -0.4 is 5.32 Å². The van der Waals surface area contributed by atoms with Gasteiger partial charge < -0.3 is 15.5 Å². The van der Waals surface area contributed by atoms with E-state index in [1.807, 2.05) is 6.92 Å². The van der Waals surface area contributed by atoms with Crippen molar-refractivity contribution in [3.8, 4) is 0 Å². The van der Waals surface area contributed by atoms with Gasteiger partial charge in [-0.15, -0.1) is 0 Å². The molecule has 0 aromatic rings. The zero-order valence-corrected chi connectivity index (χ0v) is 9.71. The number of hydrogen-bond donors (Lipinski definition) is 3. The van der Waals surface area contributed by atoms with Crippen LogP contribution in [0.25, 0.3) is 0 Å². The van der Waals surface area contributed by atoms with Crippen LogP contribution in [0.3, 0.4) is 0 Å². The van der Waals surface area contributed by atoms with Crippen molar-refractivity contribution in [2.45, 2.75) is 31.6 Å². The predicted molar refractivity (Wildman–Crippen MR) is 58.9 cm³/mol. The molecule has 88 valence electrons. The summed E-state index contributed by atoms with van der Waals surface area (Å²) in [6, 6.07) is -0.853. The van der Waals surface area contributed by atoms with Crippen molar-refractivity contribution >= 4 is 23.6 Å². The average molecular weight is 235 g/mol. The van der Waals surface area contributed by atoms with Crippen molar-refractivity contribution in [2.75, 3.05) is 12.4 Å². The summed E-state index contributed by atoms with van der Waals surface area (Å²) in [5.74, 6) is -1.07. The zero-order valence-electron chi connectivity index (χ0n) is 8.90. The Morgan fingerprint density at radius 3 is 2.47 bits per heavy atom. The van der Waals surface area contributed by atoms with Gasteiger partial charge in [-0.1, -0.05) is 6.92 Å². The van der Waals surface area contributed by atoms with E-state index < -0.39 is 12.0 Å². The third-order valence-electron chi connectivity index (χ3n) is 1.76. The molecule has 15 heavy (non-hydrogen) atoms. The fourth-order valence-electron chi connectivity index (χ4n) is 0.946. The molecule has 0 heterocycles. The molecule has 0 aromatic heterocycles. The van der Waals surface area contributed by atoms with E-state index in [2.05, 4.69) is 5.32 Å². The van der Waals surface area contributed by atoms with Gasteiger partial charge in [0.1, 0.15) is 6.04 Å². The molecule has 0 aliphatic heterocycles. The first-order chi connectivity index (χ1) is 6.97. The first-order valence-electron chi connectivity index (χ1n) is 4.69. The Kier molecular flexibility index (Phi) is 7.15. The lowest BCUT2D eigenvalue weighted by atomic mass is 10.3. The molecule has 0 aliphatic rings. The summed E-state index contributed by atoms with van der Waals surface area (Å²) in [6.07, 6.45) is 0.622. The molecule has 3 N–H and O–H groups in total. The average Bonchev–Trinajstić information content (AvgIpc) is 2.11. The molecule has 2 atom stereocenters. The number of carboxylic acids is 1. The lowest BCUT2D eigenvalue weighted by molar-refractivity contribution is -0.140. The standard InChI is InChI=1S/C9H17NO4S/c1-6(3-4-11)15-5-8(9(13)14)10-7(2)12/h6,8,11H,3-5H2,1-2H3,(H,10,12)(H,13,14)/t6-,8+/m0/s1. The van der Waals surface area contributed by atoms with Crippen LogP contribution in [0.5, 0.6) is 0 Å². The first-order valence-corrected chi connectivity index (χ1v) is 5.74. The summed E-state index contributed by atoms with van der Waals surface area (Å²) in [5.41, 5.74) is 0. The Hall–Kier alpha value is -0.750. The molecule has 0 spiro atoms. The van der Waals surface area contributed by atoms with Crippen molar-refractivity contribution in [1.82, 2.24) is 5.32 Å². The summed E-state index contributed by atoms with van der Waals surface area (Å²) >= 11 is 1.42. The normalized spacial score (nSPS) is 14.3. The van der Waals surface area contributed by atoms with Crippen molar-refractivity contribution < 1.29 is 19.8 Å². The Labute approximate surface area is 93.2 Å². The molecular formula is C9H17NO4S. The quantitative estimate of drug-likeness (QED) is 0.582. The third kappa shape index (κ3) is 7.21. The van der Waals surface area contributed by atoms with E-state index in [-0.39, 0.29) is 17.8 Å². The van der Waals surface area contributed by atoms with Gasteiger partial charge in [0.05, 0.1) is 0 Å². The number of aliphatic hydroxyl groups is 1. The molecule has 0 bridgehead atoms. The molecule has 0 aliphatic carbocycles. The molecule has 0 radical (unpaired) electrons. The Morgan fingerprint density at radius 1 is 1.47 bits per heavy atom. The van der Waals surface area contributed by atoms with Gasteiger partial charge in [-0.05, 0) is 6.42 Å². The zero-order chi connectivity index (χ0) is 11.8. The molecule has 0 saturated carbocycles. The van der Waals surface area contributed by atoms with E-state index in [4.69, 9.17) is 10.2 Å². The second-order valence-electron chi connectivity index (χ2n) is 3.25. The molecule has 5 nitrogen and oxygen atoms in total. The van der Waals surface area contributed by atoms with E-state index in [1.54, 1.807) is 0 Å². The summed E-state index contributed by atoms with van der Waals surface area (Å²) < 4.78 is 0. The van der Waals surface area contributed by atoms with Crippen LogP contribution in [0.1, 0.15) is 20.3 Å². The van der Waals surface area contributed by atoms with E-state index in [1.165, 1.54) is 18.7 Å². The summed E-state index contributed by atoms with van der Waals surface area (Å²) in [4.78, 5) is 21.4. The summed E-state index contributed by atoms with van der Waals surface area (Å²) in [5, 5.41) is 20.0. The number of rotatable bonds is 7. The largest absolute Gasteiger partial charge is 0.480 e. The van der Waals surface area contributed by atoms with Crippen LogP contribution in [0, 0.1) is 0 Å². The summed E-state index contributed by atoms with van der Waals surface area (Å²) in [6.45, 7) is 3.29. The van der Waals surface area contributed by atoms with Gasteiger partial charge in [0, 0.05) is 24.5 Å². The smallest absolute Gasteiger partial charge is 0.327 e. The van der Waals surface area contributed by atoms with Gasteiger partial charge in [-0.25, -0.2) is 4.79 Å². The van der Waals surface area contributed by atoms with Gasteiger partial charge in [0.15, 0.2) is 0 Å². The monoisotopic (exact) mass is 235 g/mol. The van der Waals surface area contributed by atoms with Crippen LogP contribution in [-0.2, 0) is 9.59 Å². The maximum Gasteiger partial charge on any atom is 0.327 e. The number of nitrogens with one attached hydrogen (secondary N) is 1. The number of carbonyl (C=O) groups is 2. The van der Waals surface area contributed by atoms with Crippen molar-refractivity contribution in [3.05, 3.63) is 0 Å². The second-order valence-corrected chi connectivity index (χ2v) is 4.72. The van der Waals surface area contributed by atoms with E-state index in [0.29, 0.717) is 12.2 Å². The minimum Gasteiger partial charge on any atom is -0.480 e. The topological polar surface area (TPSA) is 86.6 Å². The van der Waals surface area contributed by atoms with Gasteiger partial charge >= 0.3 is 5.97 Å². The maximum absolute atomic E-state index is 10.7. The summed E-state index contributed by atoms with van der Waals surface area (Å²) in [7, 11) is 0. The Balaban J connectivity index is 3.96. The molecule has 0 saturated heterocycles. The van der Waals surface area contributed by atoms with Crippen LogP contribution in [0.2, 0.25) is 0 Å². The van der Waals surface area contributed by atoms with E-state index >= 15 is 0 Å². The van der Waals surface area contributed by atoms with E-state index in [0.717, 1.165) is 0 Å². The SMILES string of the molecule is CC(=O)N[C@H](CS[C@@H](C)CCO)C(=O)O. The van der Waals surface area contributed by atoms with Crippen LogP contribution in [0.4, 0.5) is 0 Å². The highest BCUT2D eigenvalue weighted by Gasteiger charge is 2.19. The molecule has 0 aromatic carbocycles. The highest BCUT2D eigenvalue weighted by atomic mass is 32.2. The number of hydrogen-bond acceptors (Lipinski definition) is 4. The van der Waals surface area contributed by atoms with Crippen LogP contribution in [0.15, 0.2) is 0 Å². The number of amides is 1. The Morgan fingerprint density at radius 2 is 2.07 bits per heavy atom. The number of aliphatic hydroxyl groups excluding tert-OH is 1. The second kappa shape index (κ2) is 7.53. The third-order valence-corrected chi connectivity index (χ3v) is 3.09. The molecule has 0 fully saturated rings. The maximum atomic E-state index is 10.7. The highest BCUT2D eigenvalue weighted by Crippen LogP contribution is 2.14.